The molecule has 3 heteroatoms. The fourth-order valence-electron chi connectivity index (χ4n) is 2.52. The molecule has 1 aliphatic carbocycles. The Morgan fingerprint density at radius 3 is 2.82 bits per heavy atom. The van der Waals surface area contributed by atoms with Crippen LogP contribution in [-0.4, -0.2) is 6.04 Å². The first kappa shape index (κ1) is 13.0. The van der Waals surface area contributed by atoms with Crippen molar-refractivity contribution < 1.29 is 4.39 Å². The third-order valence-electron chi connectivity index (χ3n) is 3.55. The lowest BCUT2D eigenvalue weighted by molar-refractivity contribution is 0.364. The molecule has 0 bridgehead atoms. The largest absolute Gasteiger partial charge is 0.310 e. The maximum Gasteiger partial charge on any atom is 0.137 e. The summed E-state index contributed by atoms with van der Waals surface area (Å²) in [4.78, 5) is 0. The van der Waals surface area contributed by atoms with Gasteiger partial charge < -0.3 is 5.32 Å². The predicted molar refractivity (Wildman–Crippen MR) is 72.4 cm³/mol. The lowest BCUT2D eigenvalue weighted by atomic mass is 9.92. The van der Waals surface area contributed by atoms with Crippen molar-refractivity contribution in [3.05, 3.63) is 34.1 Å². The van der Waals surface area contributed by atoms with Crippen molar-refractivity contribution in [2.24, 2.45) is 5.41 Å². The predicted octanol–water partition coefficient (Wildman–Crippen LogP) is 4.26. The van der Waals surface area contributed by atoms with Gasteiger partial charge in [-0.2, -0.15) is 0 Å². The number of rotatable bonds is 3. The quantitative estimate of drug-likeness (QED) is 0.879. The number of benzene rings is 1. The van der Waals surface area contributed by atoms with Gasteiger partial charge in [0.25, 0.3) is 0 Å². The second-order valence-electron chi connectivity index (χ2n) is 5.73. The third-order valence-corrected chi connectivity index (χ3v) is 4.19. The topological polar surface area (TPSA) is 12.0 Å². The van der Waals surface area contributed by atoms with Gasteiger partial charge in [-0.1, -0.05) is 19.9 Å². The maximum atomic E-state index is 13.3. The van der Waals surface area contributed by atoms with Gasteiger partial charge in [-0.25, -0.2) is 4.39 Å². The molecular formula is C14H19BrFN. The van der Waals surface area contributed by atoms with Gasteiger partial charge in [0.2, 0.25) is 0 Å². The van der Waals surface area contributed by atoms with Crippen molar-refractivity contribution >= 4 is 15.9 Å². The van der Waals surface area contributed by atoms with Gasteiger partial charge in [-0.05, 0) is 58.3 Å². The van der Waals surface area contributed by atoms with Crippen molar-refractivity contribution in [3.63, 3.8) is 0 Å². The molecule has 0 spiro atoms. The molecule has 0 radical (unpaired) electrons. The summed E-state index contributed by atoms with van der Waals surface area (Å²) < 4.78 is 13.9. The van der Waals surface area contributed by atoms with E-state index in [0.29, 0.717) is 15.9 Å². The molecule has 0 saturated heterocycles. The molecule has 94 valence electrons. The molecule has 1 aliphatic rings. The standard InChI is InChI=1S/C14H19BrFN/c1-14(2)6-5-11(8-14)17-9-10-3-4-12(15)13(16)7-10/h3-4,7,11,17H,5-6,8-9H2,1-2H3. The first-order valence-corrected chi connectivity index (χ1v) is 6.93. The highest BCUT2D eigenvalue weighted by Gasteiger charge is 2.30. The average molecular weight is 300 g/mol. The Morgan fingerprint density at radius 2 is 2.24 bits per heavy atom. The lowest BCUT2D eigenvalue weighted by Crippen LogP contribution is -2.26. The zero-order valence-corrected chi connectivity index (χ0v) is 12.0. The van der Waals surface area contributed by atoms with Crippen LogP contribution >= 0.6 is 15.9 Å². The fourth-order valence-corrected chi connectivity index (χ4v) is 2.77. The highest BCUT2D eigenvalue weighted by atomic mass is 79.9. The van der Waals surface area contributed by atoms with Crippen LogP contribution < -0.4 is 5.32 Å². The van der Waals surface area contributed by atoms with Crippen LogP contribution in [0.15, 0.2) is 22.7 Å². The van der Waals surface area contributed by atoms with E-state index in [1.54, 1.807) is 12.1 Å². The average Bonchev–Trinajstić information content (AvgIpc) is 2.60. The van der Waals surface area contributed by atoms with Gasteiger partial charge in [-0.15, -0.1) is 0 Å². The summed E-state index contributed by atoms with van der Waals surface area (Å²) in [6, 6.07) is 5.90. The molecule has 1 atom stereocenters. The number of hydrogen-bond acceptors (Lipinski definition) is 1. The molecule has 0 heterocycles. The van der Waals surface area contributed by atoms with Crippen LogP contribution in [0.5, 0.6) is 0 Å². The molecule has 17 heavy (non-hydrogen) atoms. The molecule has 1 nitrogen and oxygen atoms in total. The van der Waals surface area contributed by atoms with E-state index in [4.69, 9.17) is 0 Å². The van der Waals surface area contributed by atoms with Crippen molar-refractivity contribution in [1.29, 1.82) is 0 Å². The summed E-state index contributed by atoms with van der Waals surface area (Å²) in [5.41, 5.74) is 1.47. The Kier molecular flexibility index (Phi) is 3.88. The molecule has 0 aliphatic heterocycles. The van der Waals surface area contributed by atoms with E-state index in [9.17, 15) is 4.39 Å². The van der Waals surface area contributed by atoms with Crippen molar-refractivity contribution in [1.82, 2.24) is 5.32 Å². The molecule has 1 unspecified atom stereocenters. The number of nitrogens with one attached hydrogen (secondary N) is 1. The molecule has 0 aromatic heterocycles. The molecule has 1 N–H and O–H groups in total. The Morgan fingerprint density at radius 1 is 1.47 bits per heavy atom. The van der Waals surface area contributed by atoms with Gasteiger partial charge in [0.15, 0.2) is 0 Å². The van der Waals surface area contributed by atoms with Gasteiger partial charge in [0, 0.05) is 12.6 Å². The molecule has 1 aromatic rings. The van der Waals surface area contributed by atoms with E-state index >= 15 is 0 Å². The Labute approximate surface area is 111 Å². The summed E-state index contributed by atoms with van der Waals surface area (Å²) in [7, 11) is 0. The van der Waals surface area contributed by atoms with Gasteiger partial charge >= 0.3 is 0 Å². The van der Waals surface area contributed by atoms with Crippen LogP contribution in [-0.2, 0) is 6.54 Å². The maximum absolute atomic E-state index is 13.3. The van der Waals surface area contributed by atoms with Crippen LogP contribution in [0.2, 0.25) is 0 Å². The van der Waals surface area contributed by atoms with E-state index in [1.165, 1.54) is 19.3 Å². The van der Waals surface area contributed by atoms with E-state index in [-0.39, 0.29) is 5.82 Å². The SMILES string of the molecule is CC1(C)CCC(NCc2ccc(Br)c(F)c2)C1. The molecule has 0 amide bonds. The van der Waals surface area contributed by atoms with Crippen LogP contribution in [0.25, 0.3) is 0 Å². The van der Waals surface area contributed by atoms with E-state index in [0.717, 1.165) is 12.1 Å². The van der Waals surface area contributed by atoms with Crippen LogP contribution in [0.1, 0.15) is 38.7 Å². The van der Waals surface area contributed by atoms with E-state index in [1.807, 2.05) is 6.07 Å². The Bertz CT molecular complexity index is 403. The molecular weight excluding hydrogens is 281 g/mol. The monoisotopic (exact) mass is 299 g/mol. The minimum absolute atomic E-state index is 0.184. The summed E-state index contributed by atoms with van der Waals surface area (Å²) in [6.07, 6.45) is 3.72. The summed E-state index contributed by atoms with van der Waals surface area (Å²) >= 11 is 3.17. The summed E-state index contributed by atoms with van der Waals surface area (Å²) in [5.74, 6) is -0.184. The molecule has 1 fully saturated rings. The zero-order valence-electron chi connectivity index (χ0n) is 10.4. The Balaban J connectivity index is 1.88. The second kappa shape index (κ2) is 5.07. The third kappa shape index (κ3) is 3.52. The lowest BCUT2D eigenvalue weighted by Gasteiger charge is -2.18. The molecule has 2 rings (SSSR count). The van der Waals surface area contributed by atoms with Gasteiger partial charge in [0.05, 0.1) is 4.47 Å². The number of hydrogen-bond donors (Lipinski definition) is 1. The second-order valence-corrected chi connectivity index (χ2v) is 6.59. The first-order chi connectivity index (χ1) is 7.96. The minimum atomic E-state index is -0.184. The summed E-state index contributed by atoms with van der Waals surface area (Å²) in [6.45, 7) is 5.38. The van der Waals surface area contributed by atoms with E-state index < -0.39 is 0 Å². The van der Waals surface area contributed by atoms with Crippen molar-refractivity contribution in [2.75, 3.05) is 0 Å². The van der Waals surface area contributed by atoms with Crippen LogP contribution in [0, 0.1) is 11.2 Å². The molecule has 1 aromatic carbocycles. The summed E-state index contributed by atoms with van der Waals surface area (Å²) in [5, 5.41) is 3.52. The van der Waals surface area contributed by atoms with Gasteiger partial charge in [0.1, 0.15) is 5.82 Å². The minimum Gasteiger partial charge on any atom is -0.310 e. The van der Waals surface area contributed by atoms with E-state index in [2.05, 4.69) is 35.1 Å². The highest BCUT2D eigenvalue weighted by molar-refractivity contribution is 9.10. The van der Waals surface area contributed by atoms with Crippen LogP contribution in [0.3, 0.4) is 0 Å². The molecule has 1 saturated carbocycles. The highest BCUT2D eigenvalue weighted by Crippen LogP contribution is 2.36. The number of halogens is 2. The van der Waals surface area contributed by atoms with Crippen LogP contribution in [0.4, 0.5) is 4.39 Å². The normalized spacial score (nSPS) is 22.9. The zero-order chi connectivity index (χ0) is 12.5. The smallest absolute Gasteiger partial charge is 0.137 e. The Hall–Kier alpha value is -0.410. The first-order valence-electron chi connectivity index (χ1n) is 6.14. The van der Waals surface area contributed by atoms with Gasteiger partial charge in [-0.3, -0.25) is 0 Å². The fraction of sp³-hybridized carbons (Fsp3) is 0.571. The van der Waals surface area contributed by atoms with Crippen molar-refractivity contribution in [2.45, 2.75) is 45.7 Å². The van der Waals surface area contributed by atoms with Crippen molar-refractivity contribution in [3.8, 4) is 0 Å².